The van der Waals surface area contributed by atoms with Crippen LogP contribution >= 0.6 is 0 Å². The van der Waals surface area contributed by atoms with E-state index in [9.17, 15) is 14.4 Å². The van der Waals surface area contributed by atoms with Crippen molar-refractivity contribution in [3.05, 3.63) is 111 Å². The highest BCUT2D eigenvalue weighted by molar-refractivity contribution is 6.74. The summed E-state index contributed by atoms with van der Waals surface area (Å²) >= 11 is 0. The van der Waals surface area contributed by atoms with Crippen LogP contribution in [0.3, 0.4) is 0 Å². The van der Waals surface area contributed by atoms with Crippen molar-refractivity contribution in [3.8, 4) is 0 Å². The summed E-state index contributed by atoms with van der Waals surface area (Å²) in [5.41, 5.74) is 0.163. The molecule has 5 atom stereocenters. The SMILES string of the molecule is CC(C)(C)[Si](C)(C)O[C@H]1[C@@H](O[Si](C)(C)C(C)(C)C)[C@H](n2ccc(=O)[nH]c2=O)O[C@@H]1[C@H](/C=C/c1ccccc1)OC(=O)c1ccccc1. The summed E-state index contributed by atoms with van der Waals surface area (Å²) in [6, 6.07) is 19.8. The molecule has 4 rings (SSSR count). The standard InChI is InChI=1S/C36H50N2O7Si2/c1-35(2,3)46(7,8)44-30-29(27(22-21-25-17-13-11-14-18-25)42-33(40)26-19-15-12-16-20-26)43-32(38-24-23-28(39)37-34(38)41)31(30)45-47(9,10)36(4,5)6/h11-24,27,29-32H,1-10H3,(H,37,39,41)/b22-21+/t27-,29+,30+,31+,32+/m0/s1. The van der Waals surface area contributed by atoms with Crippen molar-refractivity contribution >= 4 is 28.7 Å². The zero-order chi connectivity index (χ0) is 34.8. The Bertz CT molecular complexity index is 1650. The Hall–Kier alpha value is -3.36. The fourth-order valence-corrected chi connectivity index (χ4v) is 7.41. The highest BCUT2D eigenvalue weighted by Gasteiger charge is 2.56. The maximum Gasteiger partial charge on any atom is 0.338 e. The second kappa shape index (κ2) is 14.0. The minimum absolute atomic E-state index is 0.179. The Morgan fingerprint density at radius 2 is 1.36 bits per heavy atom. The quantitative estimate of drug-likeness (QED) is 0.179. The Morgan fingerprint density at radius 3 is 1.89 bits per heavy atom. The fraction of sp³-hybridized carbons (Fsp3) is 0.472. The van der Waals surface area contributed by atoms with Crippen molar-refractivity contribution in [2.75, 3.05) is 0 Å². The molecular formula is C36H50N2O7Si2. The summed E-state index contributed by atoms with van der Waals surface area (Å²) < 4.78 is 28.7. The number of hydrogen-bond donors (Lipinski definition) is 1. The minimum Gasteiger partial charge on any atom is -0.452 e. The van der Waals surface area contributed by atoms with Crippen molar-refractivity contribution < 1.29 is 23.1 Å². The molecule has 1 N–H and O–H groups in total. The van der Waals surface area contributed by atoms with E-state index in [-0.39, 0.29) is 10.1 Å². The number of nitrogens with one attached hydrogen (secondary N) is 1. The molecular weight excluding hydrogens is 629 g/mol. The molecule has 47 heavy (non-hydrogen) atoms. The van der Waals surface area contributed by atoms with Crippen LogP contribution in [-0.4, -0.2) is 56.6 Å². The minimum atomic E-state index is -2.52. The van der Waals surface area contributed by atoms with Crippen LogP contribution in [0.1, 0.15) is 63.7 Å². The van der Waals surface area contributed by atoms with Crippen LogP contribution in [0, 0.1) is 0 Å². The molecule has 0 spiro atoms. The number of rotatable bonds is 10. The molecule has 0 radical (unpaired) electrons. The van der Waals surface area contributed by atoms with Gasteiger partial charge in [0.05, 0.1) is 5.56 Å². The fourth-order valence-electron chi connectivity index (χ4n) is 4.83. The van der Waals surface area contributed by atoms with Crippen molar-refractivity contribution in [1.82, 2.24) is 9.55 Å². The highest BCUT2D eigenvalue weighted by Crippen LogP contribution is 2.46. The van der Waals surface area contributed by atoms with Gasteiger partial charge in [0.1, 0.15) is 24.4 Å². The van der Waals surface area contributed by atoms with Gasteiger partial charge in [-0.25, -0.2) is 9.59 Å². The first-order chi connectivity index (χ1) is 21.8. The van der Waals surface area contributed by atoms with Gasteiger partial charge in [0.15, 0.2) is 22.9 Å². The molecule has 1 aliphatic rings. The van der Waals surface area contributed by atoms with E-state index in [0.717, 1.165) is 5.56 Å². The van der Waals surface area contributed by atoms with E-state index in [1.54, 1.807) is 24.3 Å². The second-order valence-corrected chi connectivity index (χ2v) is 24.7. The Balaban J connectivity index is 1.91. The second-order valence-electron chi connectivity index (χ2n) is 15.2. The number of nitrogens with zero attached hydrogens (tertiary/aromatic N) is 1. The van der Waals surface area contributed by atoms with Crippen LogP contribution in [0.5, 0.6) is 0 Å². The first kappa shape index (κ1) is 36.5. The summed E-state index contributed by atoms with van der Waals surface area (Å²) in [7, 11) is -5.03. The molecule has 0 amide bonds. The van der Waals surface area contributed by atoms with E-state index in [4.69, 9.17) is 18.3 Å². The van der Waals surface area contributed by atoms with Crippen LogP contribution in [-0.2, 0) is 18.3 Å². The van der Waals surface area contributed by atoms with E-state index in [1.165, 1.54) is 16.8 Å². The Kier molecular flexibility index (Phi) is 10.9. The molecule has 0 saturated carbocycles. The monoisotopic (exact) mass is 678 g/mol. The normalized spacial score (nSPS) is 21.6. The number of carbonyl (C=O) groups excluding carboxylic acids is 1. The largest absolute Gasteiger partial charge is 0.452 e. The average Bonchev–Trinajstić information content (AvgIpc) is 3.30. The number of hydrogen-bond acceptors (Lipinski definition) is 7. The van der Waals surface area contributed by atoms with Crippen LogP contribution in [0.25, 0.3) is 6.08 Å². The predicted octanol–water partition coefficient (Wildman–Crippen LogP) is 7.15. The molecule has 0 bridgehead atoms. The van der Waals surface area contributed by atoms with E-state index in [1.807, 2.05) is 48.6 Å². The van der Waals surface area contributed by atoms with Crippen LogP contribution in [0.15, 0.2) is 88.6 Å². The summed E-state index contributed by atoms with van der Waals surface area (Å²) in [4.78, 5) is 41.3. The summed E-state index contributed by atoms with van der Waals surface area (Å²) in [6.45, 7) is 21.5. The number of aromatic amines is 1. The van der Waals surface area contributed by atoms with Gasteiger partial charge >= 0.3 is 11.7 Å². The lowest BCUT2D eigenvalue weighted by atomic mass is 10.0. The number of H-pyrrole nitrogens is 1. The van der Waals surface area contributed by atoms with E-state index in [2.05, 4.69) is 72.7 Å². The molecule has 0 aliphatic carbocycles. The molecule has 1 aliphatic heterocycles. The van der Waals surface area contributed by atoms with Crippen LogP contribution in [0.2, 0.25) is 36.3 Å². The van der Waals surface area contributed by atoms with Crippen molar-refractivity contribution in [1.29, 1.82) is 0 Å². The lowest BCUT2D eigenvalue weighted by molar-refractivity contribution is -0.0771. The van der Waals surface area contributed by atoms with Crippen LogP contribution < -0.4 is 11.2 Å². The van der Waals surface area contributed by atoms with Crippen molar-refractivity contribution in [2.45, 2.75) is 108 Å². The van der Waals surface area contributed by atoms with E-state index in [0.29, 0.717) is 5.56 Å². The molecule has 3 aromatic rings. The smallest absolute Gasteiger partial charge is 0.338 e. The van der Waals surface area contributed by atoms with Crippen molar-refractivity contribution in [3.63, 3.8) is 0 Å². The van der Waals surface area contributed by atoms with Gasteiger partial charge in [-0.05, 0) is 60.0 Å². The summed E-state index contributed by atoms with van der Waals surface area (Å²) in [5, 5.41) is -0.360. The molecule has 1 aromatic heterocycles. The lowest BCUT2D eigenvalue weighted by Gasteiger charge is -2.44. The third-order valence-corrected chi connectivity index (χ3v) is 18.6. The summed E-state index contributed by atoms with van der Waals surface area (Å²) in [6.07, 6.45) is 0.857. The molecule has 9 nitrogen and oxygen atoms in total. The first-order valence-electron chi connectivity index (χ1n) is 16.1. The molecule has 11 heteroatoms. The third kappa shape index (κ3) is 8.57. The van der Waals surface area contributed by atoms with Gasteiger partial charge in [-0.15, -0.1) is 0 Å². The number of benzene rings is 2. The predicted molar refractivity (Wildman–Crippen MR) is 190 cm³/mol. The van der Waals surface area contributed by atoms with Gasteiger partial charge < -0.3 is 18.3 Å². The third-order valence-electron chi connectivity index (χ3n) is 9.68. The van der Waals surface area contributed by atoms with Gasteiger partial charge in [-0.2, -0.15) is 0 Å². The molecule has 0 unspecified atom stereocenters. The van der Waals surface area contributed by atoms with Crippen LogP contribution in [0.4, 0.5) is 0 Å². The molecule has 1 saturated heterocycles. The first-order valence-corrected chi connectivity index (χ1v) is 21.9. The van der Waals surface area contributed by atoms with Gasteiger partial charge in [0.25, 0.3) is 5.56 Å². The Labute approximate surface area is 280 Å². The van der Waals surface area contributed by atoms with Crippen molar-refractivity contribution in [2.24, 2.45) is 0 Å². The summed E-state index contributed by atoms with van der Waals surface area (Å²) in [5.74, 6) is -0.519. The Morgan fingerprint density at radius 1 is 0.830 bits per heavy atom. The number of carbonyl (C=O) groups is 1. The highest BCUT2D eigenvalue weighted by atomic mass is 28.4. The zero-order valence-corrected chi connectivity index (χ0v) is 31.3. The number of esters is 1. The average molecular weight is 679 g/mol. The maximum atomic E-state index is 13.6. The molecule has 2 heterocycles. The molecule has 1 fully saturated rings. The zero-order valence-electron chi connectivity index (χ0n) is 29.3. The molecule has 2 aromatic carbocycles. The van der Waals surface area contributed by atoms with Gasteiger partial charge in [0.2, 0.25) is 0 Å². The lowest BCUT2D eigenvalue weighted by Crippen LogP contribution is -2.55. The van der Waals surface area contributed by atoms with Gasteiger partial charge in [0, 0.05) is 12.3 Å². The van der Waals surface area contributed by atoms with E-state index < -0.39 is 64.5 Å². The topological polar surface area (TPSA) is 109 Å². The van der Waals surface area contributed by atoms with Gasteiger partial charge in [-0.3, -0.25) is 14.3 Å². The van der Waals surface area contributed by atoms with Gasteiger partial charge in [-0.1, -0.05) is 96.1 Å². The number of ether oxygens (including phenoxy) is 2. The maximum absolute atomic E-state index is 13.6. The molecule has 254 valence electrons. The van der Waals surface area contributed by atoms with E-state index >= 15 is 0 Å². The number of aromatic nitrogens is 2.